The van der Waals surface area contributed by atoms with E-state index in [0.717, 1.165) is 17.7 Å². The van der Waals surface area contributed by atoms with Crippen molar-refractivity contribution >= 4 is 28.2 Å². The first-order valence-electron chi connectivity index (χ1n) is 7.02. The van der Waals surface area contributed by atoms with Crippen molar-refractivity contribution in [2.75, 3.05) is 5.32 Å². The number of fused-ring (bicyclic) bond motifs is 1. The number of thiophene rings is 1. The van der Waals surface area contributed by atoms with Crippen LogP contribution in [0.3, 0.4) is 0 Å². The average molecular weight is 306 g/mol. The number of nitrogens with one attached hydrogen (secondary N) is 1. The maximum Gasteiger partial charge on any atom is 0.311 e. The second-order valence-electron chi connectivity index (χ2n) is 5.68. The maximum atomic E-state index is 11.9. The van der Waals surface area contributed by atoms with Crippen LogP contribution in [-0.2, 0) is 16.0 Å². The van der Waals surface area contributed by atoms with Gasteiger partial charge in [-0.05, 0) is 25.2 Å². The van der Waals surface area contributed by atoms with Crippen molar-refractivity contribution in [2.24, 2.45) is 5.92 Å². The van der Waals surface area contributed by atoms with Crippen LogP contribution in [-0.4, -0.2) is 17.0 Å². The van der Waals surface area contributed by atoms with Gasteiger partial charge >= 0.3 is 5.97 Å². The zero-order chi connectivity index (χ0) is 15.6. The Balaban J connectivity index is 2.35. The molecule has 0 saturated carbocycles. The molecule has 6 heteroatoms. The van der Waals surface area contributed by atoms with E-state index in [4.69, 9.17) is 0 Å². The van der Waals surface area contributed by atoms with Crippen molar-refractivity contribution in [3.63, 3.8) is 0 Å². The number of nitriles is 1. The van der Waals surface area contributed by atoms with E-state index in [2.05, 4.69) is 11.4 Å². The van der Waals surface area contributed by atoms with Gasteiger partial charge in [-0.2, -0.15) is 5.26 Å². The predicted molar refractivity (Wildman–Crippen MR) is 80.4 cm³/mol. The van der Waals surface area contributed by atoms with E-state index in [-0.39, 0.29) is 11.8 Å². The fraction of sp³-hybridized carbons (Fsp3) is 0.533. The summed E-state index contributed by atoms with van der Waals surface area (Å²) in [5.41, 5.74) is 0.945. The minimum atomic E-state index is -0.898. The second kappa shape index (κ2) is 6.27. The molecule has 0 radical (unpaired) electrons. The molecule has 0 saturated heterocycles. The summed E-state index contributed by atoms with van der Waals surface area (Å²) >= 11 is 1.35. The fourth-order valence-corrected chi connectivity index (χ4v) is 3.92. The van der Waals surface area contributed by atoms with Crippen molar-refractivity contribution < 1.29 is 14.7 Å². The Bertz CT molecular complexity index is 613. The quantitative estimate of drug-likeness (QED) is 0.894. The van der Waals surface area contributed by atoms with Crippen LogP contribution in [0.2, 0.25) is 0 Å². The van der Waals surface area contributed by atoms with Gasteiger partial charge in [0.2, 0.25) is 5.91 Å². The summed E-state index contributed by atoms with van der Waals surface area (Å²) in [7, 11) is 0. The van der Waals surface area contributed by atoms with Crippen LogP contribution in [0.1, 0.15) is 55.0 Å². The number of anilines is 1. The first-order chi connectivity index (χ1) is 9.93. The summed E-state index contributed by atoms with van der Waals surface area (Å²) < 4.78 is 0. The van der Waals surface area contributed by atoms with Crippen LogP contribution in [0.5, 0.6) is 0 Å². The minimum absolute atomic E-state index is 0.132. The molecule has 0 aromatic carbocycles. The van der Waals surface area contributed by atoms with E-state index in [1.54, 1.807) is 0 Å². The highest BCUT2D eigenvalue weighted by atomic mass is 32.1. The Labute approximate surface area is 127 Å². The van der Waals surface area contributed by atoms with E-state index in [1.807, 2.05) is 13.8 Å². The SMILES string of the molecule is CC(C)CC(=O)Nc1sc2c(c1C#N)C(C(=O)O)CCC2. The molecule has 21 heavy (non-hydrogen) atoms. The van der Waals surface area contributed by atoms with Gasteiger partial charge in [-0.15, -0.1) is 11.3 Å². The summed E-state index contributed by atoms with van der Waals surface area (Å²) in [6, 6.07) is 2.08. The largest absolute Gasteiger partial charge is 0.481 e. The van der Waals surface area contributed by atoms with E-state index < -0.39 is 11.9 Å². The lowest BCUT2D eigenvalue weighted by Crippen LogP contribution is -2.18. The molecule has 2 N–H and O–H groups in total. The minimum Gasteiger partial charge on any atom is -0.481 e. The Hall–Kier alpha value is -1.87. The molecule has 0 bridgehead atoms. The third-order valence-corrected chi connectivity index (χ3v) is 4.70. The number of rotatable bonds is 4. The highest BCUT2D eigenvalue weighted by molar-refractivity contribution is 7.16. The van der Waals surface area contributed by atoms with Gasteiger partial charge in [-0.1, -0.05) is 13.8 Å². The van der Waals surface area contributed by atoms with Crippen molar-refractivity contribution in [1.29, 1.82) is 5.26 Å². The van der Waals surface area contributed by atoms with Gasteiger partial charge in [-0.3, -0.25) is 9.59 Å². The molecular formula is C15H18N2O3S. The van der Waals surface area contributed by atoms with Gasteiger partial charge in [0.25, 0.3) is 0 Å². The lowest BCUT2D eigenvalue weighted by atomic mass is 9.85. The van der Waals surface area contributed by atoms with Crippen LogP contribution >= 0.6 is 11.3 Å². The van der Waals surface area contributed by atoms with Crippen LogP contribution in [0.15, 0.2) is 0 Å². The monoisotopic (exact) mass is 306 g/mol. The number of carboxylic acid groups (broad SMARTS) is 1. The Morgan fingerprint density at radius 1 is 1.52 bits per heavy atom. The summed E-state index contributed by atoms with van der Waals surface area (Å²) in [6.45, 7) is 3.90. The second-order valence-corrected chi connectivity index (χ2v) is 6.79. The van der Waals surface area contributed by atoms with Gasteiger partial charge in [-0.25, -0.2) is 0 Å². The van der Waals surface area contributed by atoms with Crippen molar-refractivity contribution in [3.8, 4) is 6.07 Å². The number of carbonyl (C=O) groups excluding carboxylic acids is 1. The first kappa shape index (κ1) is 15.5. The Morgan fingerprint density at radius 3 is 2.81 bits per heavy atom. The van der Waals surface area contributed by atoms with E-state index in [1.165, 1.54) is 11.3 Å². The zero-order valence-electron chi connectivity index (χ0n) is 12.1. The molecule has 1 aliphatic rings. The third kappa shape index (κ3) is 3.24. The lowest BCUT2D eigenvalue weighted by molar-refractivity contribution is -0.139. The van der Waals surface area contributed by atoms with Crippen molar-refractivity contribution in [1.82, 2.24) is 0 Å². The number of aryl methyl sites for hydroxylation is 1. The molecule has 112 valence electrons. The molecule has 1 atom stereocenters. The molecule has 1 unspecified atom stereocenters. The van der Waals surface area contributed by atoms with Gasteiger partial charge < -0.3 is 10.4 Å². The maximum absolute atomic E-state index is 11.9. The molecule has 0 aliphatic heterocycles. The smallest absolute Gasteiger partial charge is 0.311 e. The van der Waals surface area contributed by atoms with Gasteiger partial charge in [0.05, 0.1) is 11.5 Å². The van der Waals surface area contributed by atoms with Crippen LogP contribution < -0.4 is 5.32 Å². The topological polar surface area (TPSA) is 90.2 Å². The van der Waals surface area contributed by atoms with Gasteiger partial charge in [0, 0.05) is 16.9 Å². The summed E-state index contributed by atoms with van der Waals surface area (Å²) in [4.78, 5) is 24.2. The Morgan fingerprint density at radius 2 is 2.24 bits per heavy atom. The number of aliphatic carboxylic acids is 1. The number of carbonyl (C=O) groups is 2. The molecule has 0 spiro atoms. The number of nitrogens with zero attached hydrogens (tertiary/aromatic N) is 1. The molecule has 1 heterocycles. The van der Waals surface area contributed by atoms with Crippen molar-refractivity contribution in [2.45, 2.75) is 45.4 Å². The number of hydrogen-bond donors (Lipinski definition) is 2. The lowest BCUT2D eigenvalue weighted by Gasteiger charge is -2.18. The van der Waals surface area contributed by atoms with Gasteiger partial charge in [0.15, 0.2) is 0 Å². The molecular weight excluding hydrogens is 288 g/mol. The van der Waals surface area contributed by atoms with Crippen LogP contribution in [0, 0.1) is 17.2 Å². The highest BCUT2D eigenvalue weighted by Crippen LogP contribution is 2.43. The average Bonchev–Trinajstić information content (AvgIpc) is 2.73. The fourth-order valence-electron chi connectivity index (χ4n) is 2.65. The molecule has 2 rings (SSSR count). The van der Waals surface area contributed by atoms with Crippen LogP contribution in [0.4, 0.5) is 5.00 Å². The normalized spacial score (nSPS) is 17.1. The zero-order valence-corrected chi connectivity index (χ0v) is 12.9. The van der Waals surface area contributed by atoms with E-state index in [9.17, 15) is 20.0 Å². The molecule has 1 aromatic rings. The summed E-state index contributed by atoms with van der Waals surface area (Å²) in [6.07, 6.45) is 2.51. The van der Waals surface area contributed by atoms with Gasteiger partial charge in [0.1, 0.15) is 11.1 Å². The van der Waals surface area contributed by atoms with E-state index in [0.29, 0.717) is 29.0 Å². The molecule has 0 fully saturated rings. The predicted octanol–water partition coefficient (Wildman–Crippen LogP) is 3.11. The van der Waals surface area contributed by atoms with E-state index >= 15 is 0 Å². The molecule has 1 aromatic heterocycles. The summed E-state index contributed by atoms with van der Waals surface area (Å²) in [5.74, 6) is -1.43. The molecule has 1 aliphatic carbocycles. The molecule has 5 nitrogen and oxygen atoms in total. The summed E-state index contributed by atoms with van der Waals surface area (Å²) in [5, 5.41) is 22.0. The standard InChI is InChI=1S/C15H18N2O3S/c1-8(2)6-12(18)17-14-10(7-16)13-9(15(19)20)4-3-5-11(13)21-14/h8-9H,3-6H2,1-2H3,(H,17,18)(H,19,20). The third-order valence-electron chi connectivity index (χ3n) is 3.52. The number of carboxylic acids is 1. The number of amides is 1. The van der Waals surface area contributed by atoms with Crippen molar-refractivity contribution in [3.05, 3.63) is 16.0 Å². The molecule has 1 amide bonds. The number of hydrogen-bond acceptors (Lipinski definition) is 4. The van der Waals surface area contributed by atoms with Crippen LogP contribution in [0.25, 0.3) is 0 Å². The highest BCUT2D eigenvalue weighted by Gasteiger charge is 2.33. The first-order valence-corrected chi connectivity index (χ1v) is 7.84. The Kier molecular flexibility index (Phi) is 4.63.